The van der Waals surface area contributed by atoms with Gasteiger partial charge in [-0.2, -0.15) is 17.0 Å². The topological polar surface area (TPSA) is 90.0 Å². The quantitative estimate of drug-likeness (QED) is 0.724. The van der Waals surface area contributed by atoms with E-state index in [1.807, 2.05) is 13.8 Å². The molecule has 0 saturated carbocycles. The molecule has 0 aromatic heterocycles. The van der Waals surface area contributed by atoms with Crippen molar-refractivity contribution >= 4 is 22.0 Å². The molecule has 138 valence electrons. The van der Waals surface area contributed by atoms with Gasteiger partial charge in [-0.1, -0.05) is 0 Å². The lowest BCUT2D eigenvalue weighted by Gasteiger charge is -2.33. The van der Waals surface area contributed by atoms with E-state index < -0.39 is 10.2 Å². The molecule has 0 radical (unpaired) electrons. The third kappa shape index (κ3) is 4.07. The molecule has 1 unspecified atom stereocenters. The highest BCUT2D eigenvalue weighted by Crippen LogP contribution is 2.21. The van der Waals surface area contributed by atoms with Crippen LogP contribution >= 0.6 is 0 Å². The van der Waals surface area contributed by atoms with Crippen LogP contribution in [-0.4, -0.2) is 79.6 Å². The second-order valence-corrected chi connectivity index (χ2v) is 9.16. The normalized spacial score (nSPS) is 24.2. The molecular formula is C15H28N4O4S. The number of likely N-dealkylation sites (tertiary alicyclic amines) is 1. The summed E-state index contributed by atoms with van der Waals surface area (Å²) in [5.41, 5.74) is 0. The first-order valence-electron chi connectivity index (χ1n) is 8.40. The third-order valence-corrected chi connectivity index (χ3v) is 6.68. The van der Waals surface area contributed by atoms with Gasteiger partial charge >= 0.3 is 0 Å². The smallest absolute Gasteiger partial charge is 0.281 e. The van der Waals surface area contributed by atoms with Crippen molar-refractivity contribution in [1.29, 1.82) is 0 Å². The SMILES string of the molecule is CC(C)N1CC(C(=O)NC2CCN(S(=O)(=O)N(C)C)CC2)CC1=O. The van der Waals surface area contributed by atoms with Crippen LogP contribution in [0.1, 0.15) is 33.1 Å². The zero-order chi connectivity index (χ0) is 18.1. The van der Waals surface area contributed by atoms with E-state index >= 15 is 0 Å². The van der Waals surface area contributed by atoms with Crippen molar-refractivity contribution in [2.24, 2.45) is 5.92 Å². The van der Waals surface area contributed by atoms with Gasteiger partial charge in [-0.25, -0.2) is 0 Å². The second-order valence-electron chi connectivity index (χ2n) is 7.01. The van der Waals surface area contributed by atoms with Gasteiger partial charge in [0.1, 0.15) is 0 Å². The van der Waals surface area contributed by atoms with Gasteiger partial charge in [0, 0.05) is 52.2 Å². The van der Waals surface area contributed by atoms with Gasteiger partial charge < -0.3 is 10.2 Å². The zero-order valence-corrected chi connectivity index (χ0v) is 15.7. The van der Waals surface area contributed by atoms with Crippen molar-refractivity contribution in [2.75, 3.05) is 33.7 Å². The number of hydrogen-bond acceptors (Lipinski definition) is 4. The number of nitrogens with one attached hydrogen (secondary N) is 1. The first kappa shape index (κ1) is 19.1. The molecule has 1 atom stereocenters. The maximum Gasteiger partial charge on any atom is 0.281 e. The van der Waals surface area contributed by atoms with E-state index in [1.54, 1.807) is 4.90 Å². The number of rotatable bonds is 5. The molecule has 9 heteroatoms. The van der Waals surface area contributed by atoms with Crippen molar-refractivity contribution in [3.63, 3.8) is 0 Å². The van der Waals surface area contributed by atoms with Gasteiger partial charge in [-0.15, -0.1) is 0 Å². The summed E-state index contributed by atoms with van der Waals surface area (Å²) in [6.07, 6.45) is 1.44. The Morgan fingerprint density at radius 2 is 1.83 bits per heavy atom. The monoisotopic (exact) mass is 360 g/mol. The summed E-state index contributed by atoms with van der Waals surface area (Å²) in [7, 11) is -0.360. The summed E-state index contributed by atoms with van der Waals surface area (Å²) in [5.74, 6) is -0.374. The second kappa shape index (κ2) is 7.37. The number of piperidine rings is 1. The Morgan fingerprint density at radius 1 is 1.25 bits per heavy atom. The van der Waals surface area contributed by atoms with Crippen LogP contribution < -0.4 is 5.32 Å². The average Bonchev–Trinajstić information content (AvgIpc) is 2.90. The van der Waals surface area contributed by atoms with Gasteiger partial charge in [0.2, 0.25) is 11.8 Å². The average molecular weight is 360 g/mol. The zero-order valence-electron chi connectivity index (χ0n) is 14.9. The van der Waals surface area contributed by atoms with E-state index in [4.69, 9.17) is 0 Å². The van der Waals surface area contributed by atoms with E-state index in [1.165, 1.54) is 22.7 Å². The van der Waals surface area contributed by atoms with E-state index in [0.717, 1.165) is 0 Å². The van der Waals surface area contributed by atoms with Crippen molar-refractivity contribution in [2.45, 2.75) is 45.2 Å². The third-order valence-electron chi connectivity index (χ3n) is 4.74. The van der Waals surface area contributed by atoms with Gasteiger partial charge in [-0.3, -0.25) is 9.59 Å². The highest BCUT2D eigenvalue weighted by atomic mass is 32.2. The van der Waals surface area contributed by atoms with Crippen molar-refractivity contribution in [3.8, 4) is 0 Å². The molecule has 2 aliphatic heterocycles. The van der Waals surface area contributed by atoms with E-state index in [0.29, 0.717) is 32.5 Å². The molecule has 2 aliphatic rings. The van der Waals surface area contributed by atoms with E-state index in [9.17, 15) is 18.0 Å². The molecule has 2 saturated heterocycles. The first-order chi connectivity index (χ1) is 11.1. The van der Waals surface area contributed by atoms with E-state index in [2.05, 4.69) is 5.32 Å². The highest BCUT2D eigenvalue weighted by Gasteiger charge is 2.37. The van der Waals surface area contributed by atoms with Crippen LogP contribution in [0.5, 0.6) is 0 Å². The maximum atomic E-state index is 12.4. The lowest BCUT2D eigenvalue weighted by Crippen LogP contribution is -2.50. The molecule has 2 heterocycles. The molecule has 2 rings (SSSR count). The van der Waals surface area contributed by atoms with Crippen LogP contribution in [0.3, 0.4) is 0 Å². The van der Waals surface area contributed by atoms with Crippen LogP contribution in [0.15, 0.2) is 0 Å². The van der Waals surface area contributed by atoms with Crippen molar-refractivity contribution in [3.05, 3.63) is 0 Å². The molecule has 2 amide bonds. The summed E-state index contributed by atoms with van der Waals surface area (Å²) >= 11 is 0. The van der Waals surface area contributed by atoms with Crippen LogP contribution in [-0.2, 0) is 19.8 Å². The van der Waals surface area contributed by atoms with Crippen LogP contribution in [0.25, 0.3) is 0 Å². The maximum absolute atomic E-state index is 12.4. The highest BCUT2D eigenvalue weighted by molar-refractivity contribution is 7.86. The molecule has 0 aromatic carbocycles. The van der Waals surface area contributed by atoms with Crippen LogP contribution in [0.2, 0.25) is 0 Å². The molecule has 24 heavy (non-hydrogen) atoms. The number of carbonyl (C=O) groups is 2. The molecule has 2 fully saturated rings. The minimum absolute atomic E-state index is 0.0250. The Balaban J connectivity index is 1.84. The molecular weight excluding hydrogens is 332 g/mol. The first-order valence-corrected chi connectivity index (χ1v) is 9.80. The summed E-state index contributed by atoms with van der Waals surface area (Å²) in [6, 6.07) is 0.0732. The number of nitrogens with zero attached hydrogens (tertiary/aromatic N) is 3. The lowest BCUT2D eigenvalue weighted by atomic mass is 10.0. The van der Waals surface area contributed by atoms with Gasteiger partial charge in [0.15, 0.2) is 0 Å². The van der Waals surface area contributed by atoms with Gasteiger partial charge in [-0.05, 0) is 26.7 Å². The number of carbonyl (C=O) groups excluding carboxylic acids is 2. The van der Waals surface area contributed by atoms with Gasteiger partial charge in [0.25, 0.3) is 10.2 Å². The van der Waals surface area contributed by atoms with Crippen LogP contribution in [0.4, 0.5) is 0 Å². The Kier molecular flexibility index (Phi) is 5.87. The van der Waals surface area contributed by atoms with Crippen LogP contribution in [0, 0.1) is 5.92 Å². The Hall–Kier alpha value is -1.19. The van der Waals surface area contributed by atoms with E-state index in [-0.39, 0.29) is 36.2 Å². The summed E-state index contributed by atoms with van der Waals surface area (Å²) in [6.45, 7) is 5.15. The Labute approximate surface area is 144 Å². The molecule has 8 nitrogen and oxygen atoms in total. The fraction of sp³-hybridized carbons (Fsp3) is 0.867. The summed E-state index contributed by atoms with van der Waals surface area (Å²) in [5, 5.41) is 2.99. The minimum Gasteiger partial charge on any atom is -0.353 e. The minimum atomic E-state index is -3.39. The summed E-state index contributed by atoms with van der Waals surface area (Å²) < 4.78 is 26.8. The molecule has 0 spiro atoms. The molecule has 0 aromatic rings. The van der Waals surface area contributed by atoms with Crippen molar-refractivity contribution in [1.82, 2.24) is 18.8 Å². The lowest BCUT2D eigenvalue weighted by molar-refractivity contribution is -0.130. The molecule has 0 bridgehead atoms. The summed E-state index contributed by atoms with van der Waals surface area (Å²) in [4.78, 5) is 26.0. The molecule has 1 N–H and O–H groups in total. The fourth-order valence-corrected chi connectivity index (χ4v) is 4.32. The predicted octanol–water partition coefficient (Wildman–Crippen LogP) is -0.370. The largest absolute Gasteiger partial charge is 0.353 e. The van der Waals surface area contributed by atoms with Crippen molar-refractivity contribution < 1.29 is 18.0 Å². The Morgan fingerprint density at radius 3 is 2.29 bits per heavy atom. The predicted molar refractivity (Wildman–Crippen MR) is 90.3 cm³/mol. The van der Waals surface area contributed by atoms with Gasteiger partial charge in [0.05, 0.1) is 5.92 Å². The number of amides is 2. The Bertz CT molecular complexity index is 582. The standard InChI is InChI=1S/C15H28N4O4S/c1-11(2)19-10-12(9-14(19)20)15(21)16-13-5-7-18(8-6-13)24(22,23)17(3)4/h11-13H,5-10H2,1-4H3,(H,16,21). The fourth-order valence-electron chi connectivity index (χ4n) is 3.19. The number of hydrogen-bond donors (Lipinski definition) is 1. The molecule has 0 aliphatic carbocycles.